The Hall–Kier alpha value is -1.56. The van der Waals surface area contributed by atoms with E-state index in [0.29, 0.717) is 5.75 Å². The van der Waals surface area contributed by atoms with Crippen LogP contribution in [-0.2, 0) is 4.74 Å². The average Bonchev–Trinajstić information content (AvgIpc) is 2.27. The summed E-state index contributed by atoms with van der Waals surface area (Å²) in [4.78, 5) is 11.4. The third-order valence-corrected chi connectivity index (χ3v) is 1.91. The maximum Gasteiger partial charge on any atom is 0.411 e. The zero-order chi connectivity index (χ0) is 12.9. The number of hydrogen-bond acceptors (Lipinski definition) is 3. The van der Waals surface area contributed by atoms with Crippen LogP contribution in [-0.4, -0.2) is 32.3 Å². The van der Waals surface area contributed by atoms with Gasteiger partial charge < -0.3 is 9.47 Å². The molecule has 0 unspecified atom stereocenters. The lowest BCUT2D eigenvalue weighted by atomic mass is 10.1. The van der Waals surface area contributed by atoms with Crippen LogP contribution in [0.4, 0.5) is 13.2 Å². The minimum absolute atomic E-state index is 0.285. The quantitative estimate of drug-likeness (QED) is 0.751. The molecule has 1 rings (SSSR count). The number of hydrogen-bond donors (Lipinski definition) is 0. The molecule has 0 heterocycles. The van der Waals surface area contributed by atoms with Crippen molar-refractivity contribution in [1.82, 2.24) is 0 Å². The van der Waals surface area contributed by atoms with E-state index in [1.165, 1.54) is 19.2 Å². The SMILES string of the molecule is COc1ccc(C(=O)COCC(F)(F)F)cc1. The highest BCUT2D eigenvalue weighted by Gasteiger charge is 2.27. The molecule has 1 aromatic rings. The van der Waals surface area contributed by atoms with E-state index in [1.54, 1.807) is 12.1 Å². The molecule has 0 aliphatic heterocycles. The first-order chi connectivity index (χ1) is 7.92. The second kappa shape index (κ2) is 5.67. The molecular weight excluding hydrogens is 237 g/mol. The number of alkyl halides is 3. The molecule has 0 bridgehead atoms. The molecule has 0 spiro atoms. The highest BCUT2D eigenvalue weighted by atomic mass is 19.4. The van der Waals surface area contributed by atoms with Crippen LogP contribution in [0, 0.1) is 0 Å². The van der Waals surface area contributed by atoms with Gasteiger partial charge in [0, 0.05) is 5.56 Å². The molecule has 94 valence electrons. The first-order valence-corrected chi connectivity index (χ1v) is 4.74. The molecule has 0 aliphatic carbocycles. The molecule has 1 aromatic carbocycles. The Morgan fingerprint density at radius 3 is 2.29 bits per heavy atom. The second-order valence-electron chi connectivity index (χ2n) is 3.26. The predicted octanol–water partition coefficient (Wildman–Crippen LogP) is 2.46. The maximum absolute atomic E-state index is 11.8. The van der Waals surface area contributed by atoms with Crippen LogP contribution in [0.15, 0.2) is 24.3 Å². The first-order valence-electron chi connectivity index (χ1n) is 4.74. The zero-order valence-electron chi connectivity index (χ0n) is 9.08. The molecule has 0 amide bonds. The van der Waals surface area contributed by atoms with E-state index in [0.717, 1.165) is 0 Å². The number of methoxy groups -OCH3 is 1. The summed E-state index contributed by atoms with van der Waals surface area (Å²) in [5.74, 6) is 0.0645. The smallest absolute Gasteiger partial charge is 0.411 e. The summed E-state index contributed by atoms with van der Waals surface area (Å²) in [7, 11) is 1.48. The molecular formula is C11H11F3O3. The Bertz CT molecular complexity index is 371. The van der Waals surface area contributed by atoms with Crippen molar-refractivity contribution in [1.29, 1.82) is 0 Å². The number of carbonyl (C=O) groups is 1. The minimum Gasteiger partial charge on any atom is -0.497 e. The lowest BCUT2D eigenvalue weighted by Crippen LogP contribution is -2.20. The highest BCUT2D eigenvalue weighted by molar-refractivity contribution is 5.97. The van der Waals surface area contributed by atoms with Gasteiger partial charge in [0.1, 0.15) is 19.0 Å². The van der Waals surface area contributed by atoms with Crippen molar-refractivity contribution in [3.8, 4) is 5.75 Å². The third kappa shape index (κ3) is 4.86. The van der Waals surface area contributed by atoms with E-state index >= 15 is 0 Å². The van der Waals surface area contributed by atoms with Gasteiger partial charge in [-0.1, -0.05) is 0 Å². The lowest BCUT2D eigenvalue weighted by molar-refractivity contribution is -0.170. The number of ketones is 1. The van der Waals surface area contributed by atoms with Gasteiger partial charge >= 0.3 is 6.18 Å². The van der Waals surface area contributed by atoms with Crippen LogP contribution in [0.3, 0.4) is 0 Å². The van der Waals surface area contributed by atoms with Gasteiger partial charge in [-0.15, -0.1) is 0 Å². The van der Waals surface area contributed by atoms with Gasteiger partial charge in [0.15, 0.2) is 5.78 Å². The van der Waals surface area contributed by atoms with E-state index in [4.69, 9.17) is 4.74 Å². The van der Waals surface area contributed by atoms with Crippen molar-refractivity contribution in [3.05, 3.63) is 29.8 Å². The Labute approximate surface area is 96.1 Å². The topological polar surface area (TPSA) is 35.5 Å². The highest BCUT2D eigenvalue weighted by Crippen LogP contribution is 2.15. The predicted molar refractivity (Wildman–Crippen MR) is 54.2 cm³/mol. The fourth-order valence-electron chi connectivity index (χ4n) is 1.12. The summed E-state index contributed by atoms with van der Waals surface area (Å²) >= 11 is 0. The van der Waals surface area contributed by atoms with Crippen molar-refractivity contribution in [2.45, 2.75) is 6.18 Å². The second-order valence-corrected chi connectivity index (χ2v) is 3.26. The van der Waals surface area contributed by atoms with Crippen molar-refractivity contribution in [3.63, 3.8) is 0 Å². The van der Waals surface area contributed by atoms with Crippen molar-refractivity contribution >= 4 is 5.78 Å². The van der Waals surface area contributed by atoms with Crippen molar-refractivity contribution in [2.75, 3.05) is 20.3 Å². The van der Waals surface area contributed by atoms with Crippen LogP contribution in [0.25, 0.3) is 0 Å². The summed E-state index contributed by atoms with van der Waals surface area (Å²) in [5, 5.41) is 0. The number of halogens is 3. The first kappa shape index (κ1) is 13.5. The summed E-state index contributed by atoms with van der Waals surface area (Å²) in [5.41, 5.74) is 0.285. The van der Waals surface area contributed by atoms with Gasteiger partial charge in [-0.25, -0.2) is 0 Å². The van der Waals surface area contributed by atoms with Crippen LogP contribution in [0.2, 0.25) is 0 Å². The zero-order valence-corrected chi connectivity index (χ0v) is 9.08. The monoisotopic (exact) mass is 248 g/mol. The molecule has 0 aliphatic rings. The maximum atomic E-state index is 11.8. The van der Waals surface area contributed by atoms with Crippen molar-refractivity contribution < 1.29 is 27.4 Å². The largest absolute Gasteiger partial charge is 0.497 e. The van der Waals surface area contributed by atoms with Gasteiger partial charge in [0.2, 0.25) is 0 Å². The summed E-state index contributed by atoms with van der Waals surface area (Å²) in [6.07, 6.45) is -4.42. The fourth-order valence-corrected chi connectivity index (χ4v) is 1.12. The number of rotatable bonds is 5. The van der Waals surface area contributed by atoms with E-state index < -0.39 is 25.2 Å². The molecule has 3 nitrogen and oxygen atoms in total. The number of carbonyl (C=O) groups excluding carboxylic acids is 1. The van der Waals surface area contributed by atoms with Crippen molar-refractivity contribution in [2.24, 2.45) is 0 Å². The van der Waals surface area contributed by atoms with Gasteiger partial charge in [0.05, 0.1) is 7.11 Å². The van der Waals surface area contributed by atoms with E-state index in [9.17, 15) is 18.0 Å². The molecule has 0 radical (unpaired) electrons. The third-order valence-electron chi connectivity index (χ3n) is 1.91. The standard InChI is InChI=1S/C11H11F3O3/c1-16-9-4-2-8(3-5-9)10(15)6-17-7-11(12,13)14/h2-5H,6-7H2,1H3. The molecule has 0 N–H and O–H groups in total. The molecule has 0 aromatic heterocycles. The Balaban J connectivity index is 2.47. The Morgan fingerprint density at radius 1 is 1.24 bits per heavy atom. The van der Waals surface area contributed by atoms with Crippen LogP contribution in [0.1, 0.15) is 10.4 Å². The Morgan fingerprint density at radius 2 is 1.82 bits per heavy atom. The average molecular weight is 248 g/mol. The molecule has 17 heavy (non-hydrogen) atoms. The molecule has 0 saturated heterocycles. The van der Waals surface area contributed by atoms with Gasteiger partial charge in [0.25, 0.3) is 0 Å². The number of ether oxygens (including phenoxy) is 2. The minimum atomic E-state index is -4.42. The summed E-state index contributed by atoms with van der Waals surface area (Å²) in [6, 6.07) is 6.05. The normalized spacial score (nSPS) is 11.3. The fraction of sp³-hybridized carbons (Fsp3) is 0.364. The number of benzene rings is 1. The Kier molecular flexibility index (Phi) is 4.51. The molecule has 0 fully saturated rings. The molecule has 0 atom stereocenters. The summed E-state index contributed by atoms with van der Waals surface area (Å²) < 4.78 is 44.4. The van der Waals surface area contributed by atoms with Gasteiger partial charge in [-0.05, 0) is 24.3 Å². The van der Waals surface area contributed by atoms with Gasteiger partial charge in [-0.3, -0.25) is 4.79 Å². The summed E-state index contributed by atoms with van der Waals surface area (Å²) in [6.45, 7) is -2.01. The van der Waals surface area contributed by atoms with Crippen LogP contribution in [0.5, 0.6) is 5.75 Å². The van der Waals surface area contributed by atoms with Gasteiger partial charge in [-0.2, -0.15) is 13.2 Å². The van der Waals surface area contributed by atoms with E-state index in [-0.39, 0.29) is 5.56 Å². The van der Waals surface area contributed by atoms with Crippen LogP contribution >= 0.6 is 0 Å². The lowest BCUT2D eigenvalue weighted by Gasteiger charge is -2.07. The van der Waals surface area contributed by atoms with Crippen LogP contribution < -0.4 is 4.74 Å². The van der Waals surface area contributed by atoms with E-state index in [1.807, 2.05) is 0 Å². The molecule has 0 saturated carbocycles. The van der Waals surface area contributed by atoms with E-state index in [2.05, 4.69) is 4.74 Å². The molecule has 6 heteroatoms. The number of Topliss-reactive ketones (excluding diaryl/α,β-unsaturated/α-hetero) is 1.